The molecule has 7 nitrogen and oxygen atoms in total. The van der Waals surface area contributed by atoms with Crippen molar-refractivity contribution in [3.8, 4) is 5.75 Å². The number of nitrogens with one attached hydrogen (secondary N) is 2. The van der Waals surface area contributed by atoms with Crippen LogP contribution in [-0.4, -0.2) is 64.8 Å². The second-order valence-corrected chi connectivity index (χ2v) is 7.31. The number of halogens is 1. The normalized spacial score (nSPS) is 14.7. The van der Waals surface area contributed by atoms with Crippen LogP contribution in [0.15, 0.2) is 23.2 Å². The third-order valence-electron chi connectivity index (χ3n) is 4.80. The van der Waals surface area contributed by atoms with E-state index in [9.17, 15) is 0 Å². The Labute approximate surface area is 204 Å². The molecule has 1 aromatic carbocycles. The summed E-state index contributed by atoms with van der Waals surface area (Å²) in [5, 5.41) is 6.70. The van der Waals surface area contributed by atoms with E-state index in [0.717, 1.165) is 69.4 Å². The molecule has 0 aliphatic carbocycles. The van der Waals surface area contributed by atoms with E-state index in [0.29, 0.717) is 32.5 Å². The van der Waals surface area contributed by atoms with E-state index in [1.54, 1.807) is 0 Å². The molecule has 2 rings (SSSR count). The number of hydrogen-bond donors (Lipinski definition) is 2. The Hall–Kier alpha value is -1.10. The van der Waals surface area contributed by atoms with Crippen molar-refractivity contribution in [3.63, 3.8) is 0 Å². The highest BCUT2D eigenvalue weighted by molar-refractivity contribution is 14.0. The fourth-order valence-electron chi connectivity index (χ4n) is 3.16. The lowest BCUT2D eigenvalue weighted by Gasteiger charge is -2.22. The molecule has 8 heteroatoms. The molecule has 0 spiro atoms. The summed E-state index contributed by atoms with van der Waals surface area (Å²) in [5.41, 5.74) is 2.24. The Balaban J connectivity index is 0.00000480. The molecule has 0 atom stereocenters. The van der Waals surface area contributed by atoms with Crippen molar-refractivity contribution in [2.75, 3.05) is 52.7 Å². The quantitative estimate of drug-likeness (QED) is 0.169. The topological polar surface area (TPSA) is 73.3 Å². The van der Waals surface area contributed by atoms with Gasteiger partial charge < -0.3 is 29.6 Å². The average Bonchev–Trinajstić information content (AvgIpc) is 2.76. The number of aliphatic imine (C=N–C) groups is 1. The molecule has 0 amide bonds. The first-order valence-electron chi connectivity index (χ1n) is 11.2. The van der Waals surface area contributed by atoms with Gasteiger partial charge in [0, 0.05) is 45.1 Å². The molecule has 31 heavy (non-hydrogen) atoms. The van der Waals surface area contributed by atoms with Crippen LogP contribution in [0.25, 0.3) is 0 Å². The Morgan fingerprint density at radius 3 is 2.68 bits per heavy atom. The second-order valence-electron chi connectivity index (χ2n) is 7.31. The number of rotatable bonds is 13. The van der Waals surface area contributed by atoms with Crippen molar-refractivity contribution in [1.82, 2.24) is 10.6 Å². The van der Waals surface area contributed by atoms with Gasteiger partial charge in [0.25, 0.3) is 0 Å². The SMILES string of the molecule is CCNC(=NCc1ccc(C)cc1OCCOCC)NCCCOC1CCOCC1.I. The molecule has 1 fully saturated rings. The van der Waals surface area contributed by atoms with Crippen molar-refractivity contribution >= 4 is 29.9 Å². The molecule has 0 bridgehead atoms. The molecule has 178 valence electrons. The minimum absolute atomic E-state index is 0. The number of aryl methyl sites for hydroxylation is 1. The maximum absolute atomic E-state index is 5.93. The van der Waals surface area contributed by atoms with Crippen molar-refractivity contribution in [3.05, 3.63) is 29.3 Å². The van der Waals surface area contributed by atoms with Crippen molar-refractivity contribution < 1.29 is 18.9 Å². The first kappa shape index (κ1) is 27.9. The van der Waals surface area contributed by atoms with E-state index >= 15 is 0 Å². The second kappa shape index (κ2) is 17.5. The van der Waals surface area contributed by atoms with Gasteiger partial charge in [0.1, 0.15) is 12.4 Å². The van der Waals surface area contributed by atoms with Crippen LogP contribution < -0.4 is 15.4 Å². The maximum Gasteiger partial charge on any atom is 0.191 e. The maximum atomic E-state index is 5.93. The summed E-state index contributed by atoms with van der Waals surface area (Å²) < 4.78 is 22.6. The van der Waals surface area contributed by atoms with E-state index < -0.39 is 0 Å². The molecule has 2 N–H and O–H groups in total. The van der Waals surface area contributed by atoms with Crippen molar-refractivity contribution in [1.29, 1.82) is 0 Å². The number of hydrogen-bond acceptors (Lipinski definition) is 5. The molecule has 0 radical (unpaired) electrons. The van der Waals surface area contributed by atoms with Gasteiger partial charge in [-0.05, 0) is 51.7 Å². The van der Waals surface area contributed by atoms with Gasteiger partial charge in [-0.25, -0.2) is 4.99 Å². The first-order chi connectivity index (χ1) is 14.7. The Bertz CT molecular complexity index is 625. The van der Waals surface area contributed by atoms with E-state index in [1.807, 2.05) is 6.92 Å². The standard InChI is InChI=1S/C23H39N3O4.HI/c1-4-24-23(25-11-6-12-29-21-9-13-28-14-10-21)26-18-20-8-7-19(3)17-22(20)30-16-15-27-5-2;/h7-8,17,21H,4-6,9-16,18H2,1-3H3,(H2,24,25,26);1H. The van der Waals surface area contributed by atoms with E-state index in [-0.39, 0.29) is 24.0 Å². The van der Waals surface area contributed by atoms with Crippen LogP contribution in [0.1, 0.15) is 44.2 Å². The summed E-state index contributed by atoms with van der Waals surface area (Å²) in [6.45, 7) is 12.5. The van der Waals surface area contributed by atoms with Crippen LogP contribution in [-0.2, 0) is 20.8 Å². The summed E-state index contributed by atoms with van der Waals surface area (Å²) in [7, 11) is 0. The summed E-state index contributed by atoms with van der Waals surface area (Å²) in [5.74, 6) is 1.68. The van der Waals surface area contributed by atoms with Crippen molar-refractivity contribution in [2.24, 2.45) is 4.99 Å². The minimum Gasteiger partial charge on any atom is -0.491 e. The van der Waals surface area contributed by atoms with Gasteiger partial charge in [0.2, 0.25) is 0 Å². The average molecular weight is 549 g/mol. The highest BCUT2D eigenvalue weighted by atomic mass is 127. The summed E-state index contributed by atoms with van der Waals surface area (Å²) in [6, 6.07) is 6.24. The zero-order chi connectivity index (χ0) is 21.4. The summed E-state index contributed by atoms with van der Waals surface area (Å²) in [6.07, 6.45) is 3.30. The van der Waals surface area contributed by atoms with E-state index in [1.165, 1.54) is 5.56 Å². The molecule has 0 unspecified atom stereocenters. The van der Waals surface area contributed by atoms with Crippen LogP contribution in [0, 0.1) is 6.92 Å². The molecule has 1 aliphatic heterocycles. The van der Waals surface area contributed by atoms with Gasteiger partial charge in [-0.1, -0.05) is 12.1 Å². The van der Waals surface area contributed by atoms with Crippen molar-refractivity contribution in [2.45, 2.75) is 52.7 Å². The predicted molar refractivity (Wildman–Crippen MR) is 136 cm³/mol. The highest BCUT2D eigenvalue weighted by Gasteiger charge is 2.13. The number of benzene rings is 1. The van der Waals surface area contributed by atoms with Gasteiger partial charge in [0.15, 0.2) is 5.96 Å². The zero-order valence-corrected chi connectivity index (χ0v) is 21.6. The Morgan fingerprint density at radius 2 is 1.94 bits per heavy atom. The van der Waals surface area contributed by atoms with E-state index in [4.69, 9.17) is 23.9 Å². The van der Waals surface area contributed by atoms with Crippen LogP contribution in [0.3, 0.4) is 0 Å². The van der Waals surface area contributed by atoms with Gasteiger partial charge in [0.05, 0.1) is 19.3 Å². The molecule has 1 heterocycles. The Kier molecular flexibility index (Phi) is 15.7. The lowest BCUT2D eigenvalue weighted by molar-refractivity contribution is -0.0320. The smallest absolute Gasteiger partial charge is 0.191 e. The van der Waals surface area contributed by atoms with Crippen LogP contribution >= 0.6 is 24.0 Å². The van der Waals surface area contributed by atoms with Crippen LogP contribution in [0.2, 0.25) is 0 Å². The van der Waals surface area contributed by atoms with E-state index in [2.05, 4.69) is 42.7 Å². The summed E-state index contributed by atoms with van der Waals surface area (Å²) in [4.78, 5) is 4.73. The molecule has 0 saturated carbocycles. The number of ether oxygens (including phenoxy) is 4. The first-order valence-corrected chi connectivity index (χ1v) is 11.2. The van der Waals surface area contributed by atoms with Gasteiger partial charge in [-0.2, -0.15) is 0 Å². The number of guanidine groups is 1. The predicted octanol–water partition coefficient (Wildman–Crippen LogP) is 3.67. The number of nitrogens with zero attached hydrogens (tertiary/aromatic N) is 1. The monoisotopic (exact) mass is 549 g/mol. The van der Waals surface area contributed by atoms with Crippen LogP contribution in [0.5, 0.6) is 5.75 Å². The summed E-state index contributed by atoms with van der Waals surface area (Å²) >= 11 is 0. The van der Waals surface area contributed by atoms with Gasteiger partial charge in [-0.3, -0.25) is 0 Å². The third-order valence-corrected chi connectivity index (χ3v) is 4.80. The fourth-order valence-corrected chi connectivity index (χ4v) is 3.16. The fraction of sp³-hybridized carbons (Fsp3) is 0.696. The molecule has 1 aliphatic rings. The van der Waals surface area contributed by atoms with Crippen LogP contribution in [0.4, 0.5) is 0 Å². The lowest BCUT2D eigenvalue weighted by Crippen LogP contribution is -2.38. The van der Waals surface area contributed by atoms with Gasteiger partial charge in [-0.15, -0.1) is 24.0 Å². The largest absolute Gasteiger partial charge is 0.491 e. The molecule has 1 aromatic rings. The zero-order valence-electron chi connectivity index (χ0n) is 19.3. The van der Waals surface area contributed by atoms with Gasteiger partial charge >= 0.3 is 0 Å². The lowest BCUT2D eigenvalue weighted by atomic mass is 10.1. The highest BCUT2D eigenvalue weighted by Crippen LogP contribution is 2.21. The molecule has 0 aromatic heterocycles. The molecular formula is C23H40IN3O4. The third kappa shape index (κ3) is 11.9. The Morgan fingerprint density at radius 1 is 1.13 bits per heavy atom. The minimum atomic E-state index is 0. The molecular weight excluding hydrogens is 509 g/mol. The molecule has 1 saturated heterocycles.